The Morgan fingerprint density at radius 2 is 1.48 bits per heavy atom. The van der Waals surface area contributed by atoms with Crippen molar-refractivity contribution in [2.45, 2.75) is 25.2 Å². The molecule has 2 aromatic carbocycles. The molecule has 21 heavy (non-hydrogen) atoms. The van der Waals surface area contributed by atoms with E-state index in [4.69, 9.17) is 16.7 Å². The fourth-order valence-electron chi connectivity index (χ4n) is 2.09. The molecule has 2 aromatic rings. The van der Waals surface area contributed by atoms with E-state index in [1.54, 1.807) is 0 Å². The topological polar surface area (TPSA) is 37.3 Å². The van der Waals surface area contributed by atoms with Crippen molar-refractivity contribution in [1.82, 2.24) is 0 Å². The van der Waals surface area contributed by atoms with Crippen molar-refractivity contribution >= 4 is 22.4 Å². The highest BCUT2D eigenvalue weighted by Gasteiger charge is 2.03. The molecular weight excluding hydrogens is 304 g/mol. The third-order valence-corrected chi connectivity index (χ3v) is 4.94. The van der Waals surface area contributed by atoms with Gasteiger partial charge in [-0.15, -0.1) is 0 Å². The van der Waals surface area contributed by atoms with Crippen molar-refractivity contribution in [1.29, 1.82) is 0 Å². The van der Waals surface area contributed by atoms with Gasteiger partial charge in [0.15, 0.2) is 0 Å². The molecule has 2 rings (SSSR count). The van der Waals surface area contributed by atoms with Gasteiger partial charge in [-0.05, 0) is 41.7 Å². The van der Waals surface area contributed by atoms with Crippen LogP contribution in [0.5, 0.6) is 0 Å². The zero-order valence-corrected chi connectivity index (χ0v) is 13.4. The van der Waals surface area contributed by atoms with E-state index < -0.39 is 10.8 Å². The van der Waals surface area contributed by atoms with Gasteiger partial charge in [0, 0.05) is 27.3 Å². The number of halogens is 1. The van der Waals surface area contributed by atoms with Crippen molar-refractivity contribution < 1.29 is 9.32 Å². The molecule has 4 heteroatoms. The zero-order valence-electron chi connectivity index (χ0n) is 11.8. The smallest absolute Gasteiger partial charge is 0.0681 e. The Labute approximate surface area is 133 Å². The van der Waals surface area contributed by atoms with Gasteiger partial charge < -0.3 is 5.11 Å². The van der Waals surface area contributed by atoms with Crippen LogP contribution in [0.3, 0.4) is 0 Å². The summed E-state index contributed by atoms with van der Waals surface area (Å²) in [5.74, 6) is 1.27. The Bertz CT molecular complexity index is 579. The maximum Gasteiger partial charge on any atom is 0.0681 e. The van der Waals surface area contributed by atoms with Gasteiger partial charge in [0.1, 0.15) is 0 Å². The van der Waals surface area contributed by atoms with Crippen molar-refractivity contribution in [3.05, 3.63) is 70.2 Å². The second-order valence-corrected chi connectivity index (χ2v) is 7.01. The molecule has 0 fully saturated rings. The van der Waals surface area contributed by atoms with Crippen molar-refractivity contribution in [2.24, 2.45) is 0 Å². The van der Waals surface area contributed by atoms with Crippen LogP contribution in [-0.4, -0.2) is 15.1 Å². The van der Waals surface area contributed by atoms with E-state index in [9.17, 15) is 4.21 Å². The molecule has 0 aliphatic heterocycles. The van der Waals surface area contributed by atoms with E-state index in [2.05, 4.69) is 0 Å². The molecule has 0 heterocycles. The second-order valence-electron chi connectivity index (χ2n) is 4.99. The summed E-state index contributed by atoms with van der Waals surface area (Å²) in [6.07, 6.45) is 1.83. The Hall–Kier alpha value is -1.16. The van der Waals surface area contributed by atoms with Crippen LogP contribution in [0.1, 0.15) is 23.1 Å². The van der Waals surface area contributed by atoms with Gasteiger partial charge in [-0.2, -0.15) is 0 Å². The monoisotopic (exact) mass is 322 g/mol. The van der Waals surface area contributed by atoms with Crippen LogP contribution in [0.2, 0.25) is 5.02 Å². The lowest BCUT2D eigenvalue weighted by molar-refractivity contribution is 0.282. The number of hydrogen-bond acceptors (Lipinski definition) is 2. The normalized spacial score (nSPS) is 12.3. The molecule has 0 saturated carbocycles. The first-order valence-electron chi connectivity index (χ1n) is 6.95. The summed E-state index contributed by atoms with van der Waals surface area (Å²) in [7, 11) is -0.846. The number of rotatable bonds is 7. The lowest BCUT2D eigenvalue weighted by Gasteiger charge is -2.04. The molecule has 0 aromatic heterocycles. The predicted octanol–water partition coefficient (Wildman–Crippen LogP) is 3.71. The number of aryl methyl sites for hydroxylation is 1. The quantitative estimate of drug-likeness (QED) is 0.843. The fraction of sp³-hybridized carbons (Fsp3) is 0.294. The first kappa shape index (κ1) is 16.2. The molecule has 0 spiro atoms. The van der Waals surface area contributed by atoms with Crippen LogP contribution in [0.4, 0.5) is 0 Å². The lowest BCUT2D eigenvalue weighted by Crippen LogP contribution is -2.02. The first-order valence-corrected chi connectivity index (χ1v) is 8.82. The Balaban J connectivity index is 1.75. The van der Waals surface area contributed by atoms with E-state index in [0.717, 1.165) is 29.0 Å². The maximum atomic E-state index is 12.1. The third-order valence-electron chi connectivity index (χ3n) is 3.28. The van der Waals surface area contributed by atoms with E-state index in [-0.39, 0.29) is 6.61 Å². The molecule has 1 atom stereocenters. The van der Waals surface area contributed by atoms with Crippen molar-refractivity contribution in [2.75, 3.05) is 5.75 Å². The summed E-state index contributed by atoms with van der Waals surface area (Å²) < 4.78 is 12.1. The molecule has 0 bridgehead atoms. The van der Waals surface area contributed by atoms with Crippen LogP contribution in [0.25, 0.3) is 0 Å². The average Bonchev–Trinajstić information content (AvgIpc) is 2.50. The molecule has 0 aliphatic rings. The fourth-order valence-corrected chi connectivity index (χ4v) is 3.39. The van der Waals surface area contributed by atoms with Crippen molar-refractivity contribution in [3.8, 4) is 0 Å². The molecule has 0 amide bonds. The summed E-state index contributed by atoms with van der Waals surface area (Å²) in [4.78, 5) is 0. The summed E-state index contributed by atoms with van der Waals surface area (Å²) >= 11 is 5.84. The van der Waals surface area contributed by atoms with E-state index in [1.807, 2.05) is 48.5 Å². The van der Waals surface area contributed by atoms with Gasteiger partial charge in [-0.3, -0.25) is 4.21 Å². The van der Waals surface area contributed by atoms with Gasteiger partial charge in [0.2, 0.25) is 0 Å². The Morgan fingerprint density at radius 1 is 0.905 bits per heavy atom. The molecule has 0 aliphatic carbocycles. The minimum absolute atomic E-state index is 0.0461. The highest BCUT2D eigenvalue weighted by Crippen LogP contribution is 2.12. The van der Waals surface area contributed by atoms with E-state index >= 15 is 0 Å². The van der Waals surface area contributed by atoms with E-state index in [0.29, 0.717) is 11.5 Å². The zero-order chi connectivity index (χ0) is 15.1. The number of aliphatic hydroxyl groups is 1. The van der Waals surface area contributed by atoms with Gasteiger partial charge in [-0.1, -0.05) is 48.0 Å². The van der Waals surface area contributed by atoms with Gasteiger partial charge in [0.05, 0.1) is 6.61 Å². The third kappa shape index (κ3) is 5.62. The molecule has 0 saturated heterocycles. The standard InChI is InChI=1S/C17H19ClO2S/c18-17-9-7-14(8-10-17)2-1-11-21(20)13-16-5-3-15(12-19)4-6-16/h3-10,19H,1-2,11-13H2. The number of benzene rings is 2. The van der Waals surface area contributed by atoms with Gasteiger partial charge in [-0.25, -0.2) is 0 Å². The first-order chi connectivity index (χ1) is 10.2. The largest absolute Gasteiger partial charge is 0.392 e. The second kappa shape index (κ2) is 8.32. The molecule has 1 unspecified atom stereocenters. The maximum absolute atomic E-state index is 12.1. The summed E-state index contributed by atoms with van der Waals surface area (Å²) in [6, 6.07) is 15.4. The number of hydrogen-bond donors (Lipinski definition) is 1. The van der Waals surface area contributed by atoms with Crippen LogP contribution in [-0.2, 0) is 29.6 Å². The minimum atomic E-state index is -0.846. The molecule has 1 N–H and O–H groups in total. The predicted molar refractivity (Wildman–Crippen MR) is 88.9 cm³/mol. The van der Waals surface area contributed by atoms with Crippen LogP contribution in [0.15, 0.2) is 48.5 Å². The summed E-state index contributed by atoms with van der Waals surface area (Å²) in [5.41, 5.74) is 3.16. The molecule has 0 radical (unpaired) electrons. The lowest BCUT2D eigenvalue weighted by atomic mass is 10.1. The van der Waals surface area contributed by atoms with Crippen LogP contribution >= 0.6 is 11.6 Å². The van der Waals surface area contributed by atoms with E-state index in [1.165, 1.54) is 5.56 Å². The summed E-state index contributed by atoms with van der Waals surface area (Å²) in [6.45, 7) is 0.0461. The highest BCUT2D eigenvalue weighted by atomic mass is 35.5. The summed E-state index contributed by atoms with van der Waals surface area (Å²) in [5, 5.41) is 9.73. The van der Waals surface area contributed by atoms with Crippen LogP contribution in [0, 0.1) is 0 Å². The van der Waals surface area contributed by atoms with Crippen molar-refractivity contribution in [3.63, 3.8) is 0 Å². The average molecular weight is 323 g/mol. The molecular formula is C17H19ClO2S. The Morgan fingerprint density at radius 3 is 2.10 bits per heavy atom. The van der Waals surface area contributed by atoms with Crippen LogP contribution < -0.4 is 0 Å². The Kier molecular flexibility index (Phi) is 6.43. The number of aliphatic hydroxyl groups excluding tert-OH is 1. The minimum Gasteiger partial charge on any atom is -0.392 e. The highest BCUT2D eigenvalue weighted by molar-refractivity contribution is 7.84. The van der Waals surface area contributed by atoms with Gasteiger partial charge in [0.25, 0.3) is 0 Å². The molecule has 112 valence electrons. The molecule has 2 nitrogen and oxygen atoms in total. The van der Waals surface area contributed by atoms with Gasteiger partial charge >= 0.3 is 0 Å². The SMILES string of the molecule is O=S(CCCc1ccc(Cl)cc1)Cc1ccc(CO)cc1.